The second-order valence-electron chi connectivity index (χ2n) is 17.6. The van der Waals surface area contributed by atoms with E-state index in [-0.39, 0.29) is 67.9 Å². The molecule has 9 aliphatic rings. The molecule has 9 fully saturated rings. The molecule has 0 amide bonds. The molecule has 5 heterocycles. The molecule has 5 aliphatic heterocycles. The Morgan fingerprint density at radius 1 is 0.490 bits per heavy atom. The fraction of sp³-hybridized carbons (Fsp3) is 0.821. The van der Waals surface area contributed by atoms with Crippen LogP contribution in [0.3, 0.4) is 0 Å². The summed E-state index contributed by atoms with van der Waals surface area (Å²) in [5, 5.41) is 43.6. The SMILES string of the molecule is O=C(O)c1ccccc1OC1CCCC2C3NC4NC(NC5NC(NC6NC(NC(N3)C12)C1CCCCC61)C1CCCCC51)C1CCCCC41.[Zn]. The summed E-state index contributed by atoms with van der Waals surface area (Å²) in [4.78, 5) is 12.2. The molecule has 17 unspecified atom stereocenters. The van der Waals surface area contributed by atoms with Crippen molar-refractivity contribution in [3.05, 3.63) is 29.8 Å². The topological polar surface area (TPSA) is 143 Å². The van der Waals surface area contributed by atoms with Gasteiger partial charge in [-0.25, -0.2) is 4.79 Å². The third-order valence-corrected chi connectivity index (χ3v) is 15.2. The third-order valence-electron chi connectivity index (χ3n) is 15.2. The number of carboxylic acids is 1. The zero-order valence-corrected chi connectivity index (χ0v) is 33.2. The first-order valence-corrected chi connectivity index (χ1v) is 20.7. The molecule has 4 aliphatic carbocycles. The Hall–Kier alpha value is -1.21. The molecule has 10 rings (SSSR count). The van der Waals surface area contributed by atoms with Gasteiger partial charge in [0.1, 0.15) is 17.4 Å². The van der Waals surface area contributed by atoms with Crippen molar-refractivity contribution < 1.29 is 34.1 Å². The number of nitrogens with one attached hydrogen (secondary N) is 8. The second kappa shape index (κ2) is 14.8. The smallest absolute Gasteiger partial charge is 0.339 e. The summed E-state index contributed by atoms with van der Waals surface area (Å²) in [6.07, 6.45) is 20.7. The van der Waals surface area contributed by atoms with Crippen LogP contribution in [0.4, 0.5) is 0 Å². The Balaban J connectivity index is 0.00000348. The molecule has 11 nitrogen and oxygen atoms in total. The maximum atomic E-state index is 12.2. The van der Waals surface area contributed by atoms with Gasteiger partial charge < -0.3 is 9.84 Å². The van der Waals surface area contributed by atoms with Gasteiger partial charge in [-0.15, -0.1) is 0 Å². The molecule has 0 aromatic heterocycles. The van der Waals surface area contributed by atoms with Crippen LogP contribution in [0, 0.1) is 47.3 Å². The fourth-order valence-corrected chi connectivity index (χ4v) is 13.0. The molecule has 17 atom stereocenters. The number of carbonyl (C=O) groups is 1. The van der Waals surface area contributed by atoms with Gasteiger partial charge in [0.2, 0.25) is 0 Å². The maximum absolute atomic E-state index is 12.2. The number of carboxylic acid groups (broad SMARTS) is 1. The standard InChI is InChI=1S/C39H60N8O3.Zn/c48-39(49)26-16-7-8-18-28(26)50-29-19-9-17-27-30(29)38-46-36-25-15-6-5-14-24(25)34(44-36)42-32-21-11-2-1-10-20(21)31(40-32)41-33-22-12-3-4-13-23(22)35(43-33)45-37(27)47-38;/h7-8,16,18,20-25,27,29-38,40-47H,1-6,9-15,17,19H2,(H,48,49);. The largest absolute Gasteiger partial charge is 0.489 e. The maximum Gasteiger partial charge on any atom is 0.339 e. The van der Waals surface area contributed by atoms with Crippen molar-refractivity contribution in [1.29, 1.82) is 0 Å². The van der Waals surface area contributed by atoms with E-state index in [1.54, 1.807) is 12.1 Å². The van der Waals surface area contributed by atoms with Crippen molar-refractivity contribution in [2.45, 2.75) is 152 Å². The summed E-state index contributed by atoms with van der Waals surface area (Å²) in [5.41, 5.74) is 0.252. The van der Waals surface area contributed by atoms with Crippen LogP contribution in [0.1, 0.15) is 107 Å². The van der Waals surface area contributed by atoms with E-state index in [0.29, 0.717) is 65.7 Å². The molecule has 0 spiro atoms. The number of hydrogen-bond acceptors (Lipinski definition) is 10. The van der Waals surface area contributed by atoms with Gasteiger partial charge in [-0.3, -0.25) is 42.5 Å². The minimum atomic E-state index is -0.929. The van der Waals surface area contributed by atoms with Gasteiger partial charge in [0.15, 0.2) is 0 Å². The van der Waals surface area contributed by atoms with E-state index in [9.17, 15) is 9.90 Å². The predicted molar refractivity (Wildman–Crippen MR) is 190 cm³/mol. The summed E-state index contributed by atoms with van der Waals surface area (Å²) in [7, 11) is 0. The van der Waals surface area contributed by atoms with Crippen molar-refractivity contribution in [2.75, 3.05) is 0 Å². The number of hydrogen-bond donors (Lipinski definition) is 9. The van der Waals surface area contributed by atoms with E-state index < -0.39 is 5.97 Å². The van der Waals surface area contributed by atoms with Crippen molar-refractivity contribution in [2.24, 2.45) is 47.3 Å². The normalized spacial score (nSPS) is 48.7. The second-order valence-corrected chi connectivity index (χ2v) is 17.6. The van der Waals surface area contributed by atoms with E-state index >= 15 is 0 Å². The minimum absolute atomic E-state index is 0. The Labute approximate surface area is 316 Å². The molecule has 51 heavy (non-hydrogen) atoms. The van der Waals surface area contributed by atoms with Crippen LogP contribution in [-0.4, -0.2) is 66.5 Å². The quantitative estimate of drug-likeness (QED) is 0.210. The average Bonchev–Trinajstić information content (AvgIpc) is 3.88. The molecule has 4 saturated carbocycles. The zero-order chi connectivity index (χ0) is 33.3. The molecular formula is C39H60N8O3Zn. The third kappa shape index (κ3) is 6.44. The molecule has 8 bridgehead atoms. The van der Waals surface area contributed by atoms with Gasteiger partial charge in [0.25, 0.3) is 0 Å². The van der Waals surface area contributed by atoms with Gasteiger partial charge in [-0.05, 0) is 111 Å². The Morgan fingerprint density at radius 3 is 1.25 bits per heavy atom. The summed E-state index contributed by atoms with van der Waals surface area (Å²) in [6, 6.07) is 7.20. The number of aromatic carboxylic acids is 1. The molecule has 12 heteroatoms. The molecule has 1 aromatic rings. The molecule has 1 aromatic carbocycles. The average molecular weight is 754 g/mol. The predicted octanol–water partition coefficient (Wildman–Crippen LogP) is 3.36. The van der Waals surface area contributed by atoms with E-state index in [2.05, 4.69) is 42.5 Å². The van der Waals surface area contributed by atoms with Crippen LogP contribution in [0.5, 0.6) is 5.75 Å². The first-order valence-electron chi connectivity index (χ1n) is 20.7. The van der Waals surface area contributed by atoms with Gasteiger partial charge >= 0.3 is 5.97 Å². The number of benzene rings is 1. The summed E-state index contributed by atoms with van der Waals surface area (Å²) >= 11 is 0. The molecule has 276 valence electrons. The van der Waals surface area contributed by atoms with Crippen LogP contribution >= 0.6 is 0 Å². The summed E-state index contributed by atoms with van der Waals surface area (Å²) < 4.78 is 6.80. The van der Waals surface area contributed by atoms with Crippen LogP contribution in [0.25, 0.3) is 0 Å². The Kier molecular flexibility index (Phi) is 10.3. The molecule has 5 saturated heterocycles. The Morgan fingerprint density at radius 2 is 0.843 bits per heavy atom. The van der Waals surface area contributed by atoms with E-state index in [1.807, 2.05) is 12.1 Å². The first-order chi connectivity index (χ1) is 24.6. The van der Waals surface area contributed by atoms with E-state index in [4.69, 9.17) is 4.74 Å². The number of ether oxygens (including phenoxy) is 1. The van der Waals surface area contributed by atoms with Crippen LogP contribution < -0.4 is 47.3 Å². The fourth-order valence-electron chi connectivity index (χ4n) is 13.0. The van der Waals surface area contributed by atoms with Gasteiger partial charge in [-0.2, -0.15) is 0 Å². The molecule has 0 radical (unpaired) electrons. The van der Waals surface area contributed by atoms with Crippen molar-refractivity contribution in [1.82, 2.24) is 42.5 Å². The molecule has 9 N–H and O–H groups in total. The van der Waals surface area contributed by atoms with Crippen LogP contribution in [-0.2, 0) is 19.5 Å². The summed E-state index contributed by atoms with van der Waals surface area (Å²) in [6.45, 7) is 0. The van der Waals surface area contributed by atoms with Crippen LogP contribution in [0.2, 0.25) is 0 Å². The Bertz CT molecular complexity index is 1410. The van der Waals surface area contributed by atoms with Crippen LogP contribution in [0.15, 0.2) is 24.3 Å². The van der Waals surface area contributed by atoms with Gasteiger partial charge in [0, 0.05) is 25.4 Å². The van der Waals surface area contributed by atoms with Crippen molar-refractivity contribution in [3.63, 3.8) is 0 Å². The number of rotatable bonds is 3. The number of para-hydroxylation sites is 1. The van der Waals surface area contributed by atoms with E-state index in [0.717, 1.165) is 19.3 Å². The van der Waals surface area contributed by atoms with Crippen molar-refractivity contribution in [3.8, 4) is 5.75 Å². The summed E-state index contributed by atoms with van der Waals surface area (Å²) in [5.74, 6) is 3.94. The van der Waals surface area contributed by atoms with Gasteiger partial charge in [-0.1, -0.05) is 50.7 Å². The zero-order valence-electron chi connectivity index (χ0n) is 30.2. The van der Waals surface area contributed by atoms with E-state index in [1.165, 1.54) is 77.0 Å². The monoisotopic (exact) mass is 752 g/mol. The number of fused-ring (bicyclic) bond motifs is 20. The van der Waals surface area contributed by atoms with Gasteiger partial charge in [0.05, 0.1) is 49.3 Å². The molecular weight excluding hydrogens is 694 g/mol. The first kappa shape index (κ1) is 35.5. The van der Waals surface area contributed by atoms with Crippen molar-refractivity contribution >= 4 is 5.97 Å². The minimum Gasteiger partial charge on any atom is -0.489 e.